The van der Waals surface area contributed by atoms with Gasteiger partial charge < -0.3 is 14.1 Å². The first-order valence-electron chi connectivity index (χ1n) is 7.56. The molecule has 0 aliphatic heterocycles. The highest BCUT2D eigenvalue weighted by Crippen LogP contribution is 2.28. The highest BCUT2D eigenvalue weighted by molar-refractivity contribution is 6.00. The molecule has 3 rings (SSSR count). The Balaban J connectivity index is 1.88. The molecule has 5 nitrogen and oxygen atoms in total. The Morgan fingerprint density at radius 3 is 2.91 bits per heavy atom. The molecule has 23 heavy (non-hydrogen) atoms. The van der Waals surface area contributed by atoms with Crippen molar-refractivity contribution in [3.63, 3.8) is 0 Å². The maximum Gasteiger partial charge on any atom is 0.135 e. The first-order valence-corrected chi connectivity index (χ1v) is 7.56. The van der Waals surface area contributed by atoms with Crippen LogP contribution in [0.4, 0.5) is 0 Å². The Hall–Kier alpha value is -2.74. The molecule has 5 heteroatoms. The van der Waals surface area contributed by atoms with E-state index < -0.39 is 0 Å². The number of hydrogen-bond donors (Lipinski definition) is 0. The first kappa shape index (κ1) is 15.2. The van der Waals surface area contributed by atoms with E-state index in [0.29, 0.717) is 12.5 Å². The summed E-state index contributed by atoms with van der Waals surface area (Å²) in [4.78, 5) is 9.03. The minimum atomic E-state index is 0.561. The van der Waals surface area contributed by atoms with Crippen LogP contribution in [-0.4, -0.2) is 29.5 Å². The fourth-order valence-electron chi connectivity index (χ4n) is 2.22. The molecule has 2 aromatic rings. The van der Waals surface area contributed by atoms with Gasteiger partial charge >= 0.3 is 0 Å². The molecule has 0 unspecified atom stereocenters. The number of benzene rings is 1. The van der Waals surface area contributed by atoms with Gasteiger partial charge in [-0.05, 0) is 25.0 Å². The molecular formula is C18H19N3O2. The molecule has 1 saturated carbocycles. The standard InChI is InChI=1S/C18H19N3O2/c1-22-18-11-16(8-7-15(18)6-5-14-3-4-14)17(20-23-2)12-21-10-9-19-13-21/h7-11,13-14H,3-4,12H2,1-2H3/b20-17+. The SMILES string of the molecule is CO/N=C(\Cn1ccnc1)c1ccc(C#CC2CC2)c(OC)c1. The molecule has 1 aliphatic carbocycles. The number of rotatable bonds is 5. The van der Waals surface area contributed by atoms with Crippen LogP contribution in [0.2, 0.25) is 0 Å². The summed E-state index contributed by atoms with van der Waals surface area (Å²) in [6.45, 7) is 0.574. The van der Waals surface area contributed by atoms with Gasteiger partial charge in [-0.3, -0.25) is 0 Å². The second-order valence-corrected chi connectivity index (χ2v) is 5.41. The van der Waals surface area contributed by atoms with Crippen molar-refractivity contribution < 1.29 is 9.57 Å². The van der Waals surface area contributed by atoms with Gasteiger partial charge in [0.25, 0.3) is 0 Å². The third kappa shape index (κ3) is 3.92. The van der Waals surface area contributed by atoms with Crippen LogP contribution in [-0.2, 0) is 11.4 Å². The first-order chi connectivity index (χ1) is 11.3. The number of ether oxygens (including phenoxy) is 1. The largest absolute Gasteiger partial charge is 0.495 e. The van der Waals surface area contributed by atoms with Crippen LogP contribution in [0.5, 0.6) is 5.75 Å². The van der Waals surface area contributed by atoms with E-state index >= 15 is 0 Å². The molecule has 1 aliphatic rings. The van der Waals surface area contributed by atoms with Gasteiger partial charge in [0.05, 0.1) is 25.5 Å². The van der Waals surface area contributed by atoms with E-state index in [4.69, 9.17) is 9.57 Å². The summed E-state index contributed by atoms with van der Waals surface area (Å²) >= 11 is 0. The van der Waals surface area contributed by atoms with E-state index in [-0.39, 0.29) is 0 Å². The molecule has 0 radical (unpaired) electrons. The topological polar surface area (TPSA) is 48.6 Å². The molecular weight excluding hydrogens is 290 g/mol. The van der Waals surface area contributed by atoms with Crippen LogP contribution < -0.4 is 4.74 Å². The highest BCUT2D eigenvalue weighted by atomic mass is 16.6. The fourth-order valence-corrected chi connectivity index (χ4v) is 2.22. The van der Waals surface area contributed by atoms with Gasteiger partial charge in [-0.25, -0.2) is 4.98 Å². The lowest BCUT2D eigenvalue weighted by Crippen LogP contribution is -2.11. The van der Waals surface area contributed by atoms with Crippen LogP contribution in [0.25, 0.3) is 0 Å². The maximum absolute atomic E-state index is 5.48. The summed E-state index contributed by atoms with van der Waals surface area (Å²) < 4.78 is 7.42. The highest BCUT2D eigenvalue weighted by Gasteiger charge is 2.18. The lowest BCUT2D eigenvalue weighted by molar-refractivity contribution is 0.212. The van der Waals surface area contributed by atoms with E-state index in [1.807, 2.05) is 29.0 Å². The normalized spacial score (nSPS) is 14.1. The number of oxime groups is 1. The third-order valence-electron chi connectivity index (χ3n) is 3.62. The molecule has 0 saturated heterocycles. The Kier molecular flexibility index (Phi) is 4.62. The summed E-state index contributed by atoms with van der Waals surface area (Å²) in [7, 11) is 3.20. The number of methoxy groups -OCH3 is 1. The van der Waals surface area contributed by atoms with Crippen LogP contribution in [0.1, 0.15) is 24.0 Å². The minimum absolute atomic E-state index is 0.561. The average Bonchev–Trinajstić information content (AvgIpc) is 3.27. The van der Waals surface area contributed by atoms with Gasteiger partial charge in [-0.1, -0.05) is 23.1 Å². The number of imidazole rings is 1. The van der Waals surface area contributed by atoms with Gasteiger partial charge in [0.1, 0.15) is 18.6 Å². The Morgan fingerprint density at radius 2 is 2.26 bits per heavy atom. The molecule has 0 bridgehead atoms. The number of aromatic nitrogens is 2. The van der Waals surface area contributed by atoms with Crippen molar-refractivity contribution in [3.8, 4) is 17.6 Å². The Morgan fingerprint density at radius 1 is 1.39 bits per heavy atom. The van der Waals surface area contributed by atoms with Gasteiger partial charge in [0.15, 0.2) is 0 Å². The van der Waals surface area contributed by atoms with Gasteiger partial charge in [0.2, 0.25) is 0 Å². The lowest BCUT2D eigenvalue weighted by atomic mass is 10.1. The zero-order valence-corrected chi connectivity index (χ0v) is 13.3. The number of hydrogen-bond acceptors (Lipinski definition) is 4. The molecule has 1 fully saturated rings. The van der Waals surface area contributed by atoms with Crippen LogP contribution in [0.3, 0.4) is 0 Å². The third-order valence-corrected chi connectivity index (χ3v) is 3.62. The van der Waals surface area contributed by atoms with Crippen molar-refractivity contribution in [1.29, 1.82) is 0 Å². The molecule has 118 valence electrons. The second-order valence-electron chi connectivity index (χ2n) is 5.41. The van der Waals surface area contributed by atoms with Crippen molar-refractivity contribution in [2.24, 2.45) is 11.1 Å². The smallest absolute Gasteiger partial charge is 0.135 e. The van der Waals surface area contributed by atoms with Crippen LogP contribution in [0.15, 0.2) is 42.1 Å². The monoisotopic (exact) mass is 309 g/mol. The van der Waals surface area contributed by atoms with Crippen molar-refractivity contribution >= 4 is 5.71 Å². The zero-order valence-electron chi connectivity index (χ0n) is 13.3. The molecule has 0 amide bonds. The summed E-state index contributed by atoms with van der Waals surface area (Å²) in [5, 5.41) is 4.14. The van der Waals surface area contributed by atoms with Crippen LogP contribution in [0, 0.1) is 17.8 Å². The summed E-state index contributed by atoms with van der Waals surface area (Å²) in [6, 6.07) is 5.92. The van der Waals surface area contributed by atoms with Gasteiger partial charge in [-0.15, -0.1) is 0 Å². The predicted octanol–water partition coefficient (Wildman–Crippen LogP) is 2.70. The Labute approximate surface area is 135 Å². The van der Waals surface area contributed by atoms with Crippen molar-refractivity contribution in [1.82, 2.24) is 9.55 Å². The van der Waals surface area contributed by atoms with E-state index in [1.54, 1.807) is 26.7 Å². The zero-order chi connectivity index (χ0) is 16.1. The summed E-state index contributed by atoms with van der Waals surface area (Å²) in [6.07, 6.45) is 7.79. The second kappa shape index (κ2) is 7.01. The molecule has 0 spiro atoms. The minimum Gasteiger partial charge on any atom is -0.495 e. The van der Waals surface area contributed by atoms with Crippen molar-refractivity contribution in [3.05, 3.63) is 48.0 Å². The van der Waals surface area contributed by atoms with Crippen LogP contribution >= 0.6 is 0 Å². The average molecular weight is 309 g/mol. The molecule has 1 aromatic heterocycles. The van der Waals surface area contributed by atoms with E-state index in [9.17, 15) is 0 Å². The predicted molar refractivity (Wildman–Crippen MR) is 88.4 cm³/mol. The van der Waals surface area contributed by atoms with Gasteiger partial charge in [-0.2, -0.15) is 0 Å². The maximum atomic E-state index is 5.48. The number of nitrogens with zero attached hydrogens (tertiary/aromatic N) is 3. The molecule has 1 heterocycles. The van der Waals surface area contributed by atoms with Crippen molar-refractivity contribution in [2.45, 2.75) is 19.4 Å². The molecule has 1 aromatic carbocycles. The van der Waals surface area contributed by atoms with E-state index in [2.05, 4.69) is 22.0 Å². The molecule has 0 N–H and O–H groups in total. The Bertz CT molecular complexity index is 750. The summed E-state index contributed by atoms with van der Waals surface area (Å²) in [5.41, 5.74) is 2.64. The fraction of sp³-hybridized carbons (Fsp3) is 0.333. The van der Waals surface area contributed by atoms with Crippen molar-refractivity contribution in [2.75, 3.05) is 14.2 Å². The lowest BCUT2D eigenvalue weighted by Gasteiger charge is -2.10. The summed E-state index contributed by atoms with van der Waals surface area (Å²) in [5.74, 6) is 7.79. The van der Waals surface area contributed by atoms with E-state index in [1.165, 1.54) is 12.8 Å². The van der Waals surface area contributed by atoms with Gasteiger partial charge in [0, 0.05) is 23.9 Å². The van der Waals surface area contributed by atoms with E-state index in [0.717, 1.165) is 22.6 Å². The molecule has 0 atom stereocenters. The quantitative estimate of drug-likeness (QED) is 0.485.